The molecule has 0 radical (unpaired) electrons. The van der Waals surface area contributed by atoms with Crippen molar-refractivity contribution in [2.75, 3.05) is 7.11 Å². The minimum atomic E-state index is -0.0200. The normalized spacial score (nSPS) is 12.1. The fraction of sp³-hybridized carbons (Fsp3) is 0.316. The maximum atomic E-state index is 12.4. The maximum Gasteiger partial charge on any atom is 0.168 e. The van der Waals surface area contributed by atoms with Crippen molar-refractivity contribution in [3.8, 4) is 5.75 Å². The average molecular weight is 363 g/mol. The lowest BCUT2D eigenvalue weighted by Gasteiger charge is -2.11. The molecule has 1 atom stereocenters. The highest BCUT2D eigenvalue weighted by molar-refractivity contribution is 7.24. The lowest BCUT2D eigenvalue weighted by molar-refractivity contribution is 0.0976. The molecular formula is C19H20ClO3P. The van der Waals surface area contributed by atoms with Crippen molar-refractivity contribution in [1.82, 2.24) is 0 Å². The standard InChI is InChI=1S/C19H20ClO3P/c1-23-17-12-7-10-15(20)19(17)16(21)11-5-6-13-18(24-22)14-8-3-2-4-9-14/h2-4,7-10,12,18H,5-6,11,13H2,1H3. The molecule has 0 saturated heterocycles. The van der Waals surface area contributed by atoms with Crippen LogP contribution in [0.5, 0.6) is 5.75 Å². The molecule has 5 heteroatoms. The molecule has 0 amide bonds. The van der Waals surface area contributed by atoms with Crippen molar-refractivity contribution in [2.45, 2.75) is 31.3 Å². The topological polar surface area (TPSA) is 43.4 Å². The van der Waals surface area contributed by atoms with Gasteiger partial charge in [-0.1, -0.05) is 54.4 Å². The van der Waals surface area contributed by atoms with Crippen LogP contribution in [0.1, 0.15) is 47.3 Å². The number of ketones is 1. The van der Waals surface area contributed by atoms with Crippen LogP contribution in [0.4, 0.5) is 0 Å². The summed E-state index contributed by atoms with van der Waals surface area (Å²) in [4.78, 5) is 12.4. The number of carbonyl (C=O) groups excluding carboxylic acids is 1. The van der Waals surface area contributed by atoms with Gasteiger partial charge in [-0.05, 0) is 30.5 Å². The zero-order valence-electron chi connectivity index (χ0n) is 13.6. The number of benzene rings is 2. The highest BCUT2D eigenvalue weighted by Gasteiger charge is 2.16. The van der Waals surface area contributed by atoms with Crippen LogP contribution in [0, 0.1) is 0 Å². The number of hydrogen-bond donors (Lipinski definition) is 0. The molecule has 0 aliphatic carbocycles. The van der Waals surface area contributed by atoms with Gasteiger partial charge in [-0.2, -0.15) is 0 Å². The second kappa shape index (κ2) is 9.56. The Morgan fingerprint density at radius 2 is 1.88 bits per heavy atom. The first-order chi connectivity index (χ1) is 11.7. The molecule has 1 unspecified atom stereocenters. The third-order valence-corrected chi connectivity index (χ3v) is 5.04. The van der Waals surface area contributed by atoms with Crippen molar-refractivity contribution in [1.29, 1.82) is 0 Å². The highest BCUT2D eigenvalue weighted by atomic mass is 35.5. The van der Waals surface area contributed by atoms with Gasteiger partial charge in [-0.15, -0.1) is 0 Å². The van der Waals surface area contributed by atoms with E-state index in [9.17, 15) is 9.36 Å². The van der Waals surface area contributed by atoms with E-state index in [1.165, 1.54) is 7.11 Å². The second-order valence-corrected chi connectivity index (χ2v) is 6.76. The third kappa shape index (κ3) is 4.90. The maximum absolute atomic E-state index is 12.4. The minimum absolute atomic E-state index is 0.0175. The summed E-state index contributed by atoms with van der Waals surface area (Å²) in [7, 11) is 1.65. The van der Waals surface area contributed by atoms with Crippen LogP contribution < -0.4 is 4.74 Å². The van der Waals surface area contributed by atoms with Crippen molar-refractivity contribution in [3.63, 3.8) is 0 Å². The van der Waals surface area contributed by atoms with Gasteiger partial charge in [0.15, 0.2) is 14.2 Å². The molecular weight excluding hydrogens is 343 g/mol. The smallest absolute Gasteiger partial charge is 0.168 e. The molecule has 126 valence electrons. The van der Waals surface area contributed by atoms with Crippen LogP contribution in [0.25, 0.3) is 0 Å². The summed E-state index contributed by atoms with van der Waals surface area (Å²) in [5.41, 5.74) is 1.49. The van der Waals surface area contributed by atoms with E-state index in [2.05, 4.69) is 0 Å². The second-order valence-electron chi connectivity index (χ2n) is 5.52. The summed E-state index contributed by atoms with van der Waals surface area (Å²) < 4.78 is 16.6. The monoisotopic (exact) mass is 362 g/mol. The summed E-state index contributed by atoms with van der Waals surface area (Å²) in [5, 5.41) is 0.416. The van der Waals surface area contributed by atoms with Gasteiger partial charge < -0.3 is 4.74 Å². The van der Waals surface area contributed by atoms with Crippen LogP contribution in [-0.4, -0.2) is 12.9 Å². The summed E-state index contributed by atoms with van der Waals surface area (Å²) in [5.74, 6) is 0.487. The highest BCUT2D eigenvalue weighted by Crippen LogP contribution is 2.33. The molecule has 0 fully saturated rings. The molecule has 2 rings (SSSR count). The Morgan fingerprint density at radius 1 is 1.12 bits per heavy atom. The molecule has 2 aromatic carbocycles. The number of Topliss-reactive ketones (excluding diaryl/α,β-unsaturated/α-hetero) is 1. The number of halogens is 1. The summed E-state index contributed by atoms with van der Waals surface area (Å²) in [6, 6.07) is 15.0. The van der Waals surface area contributed by atoms with Gasteiger partial charge in [0.1, 0.15) is 5.75 Å². The Morgan fingerprint density at radius 3 is 2.54 bits per heavy atom. The van der Waals surface area contributed by atoms with E-state index in [0.717, 1.165) is 24.8 Å². The molecule has 0 bridgehead atoms. The molecule has 24 heavy (non-hydrogen) atoms. The van der Waals surface area contributed by atoms with E-state index in [-0.39, 0.29) is 19.9 Å². The summed E-state index contributed by atoms with van der Waals surface area (Å²) in [6.45, 7) is 0. The van der Waals surface area contributed by atoms with Crippen molar-refractivity contribution in [3.05, 3.63) is 64.7 Å². The molecule has 0 aliphatic heterocycles. The van der Waals surface area contributed by atoms with Crippen LogP contribution in [0.15, 0.2) is 48.5 Å². The van der Waals surface area contributed by atoms with Gasteiger partial charge in [0.2, 0.25) is 0 Å². The number of hydrogen-bond acceptors (Lipinski definition) is 3. The summed E-state index contributed by atoms with van der Waals surface area (Å²) in [6.07, 6.45) is 2.73. The summed E-state index contributed by atoms with van der Waals surface area (Å²) >= 11 is 6.13. The van der Waals surface area contributed by atoms with Gasteiger partial charge in [0.05, 0.1) is 23.4 Å². The lowest BCUT2D eigenvalue weighted by atomic mass is 10.0. The predicted octanol–water partition coefficient (Wildman–Crippen LogP) is 6.12. The Balaban J connectivity index is 1.88. The van der Waals surface area contributed by atoms with E-state index in [1.54, 1.807) is 18.2 Å². The van der Waals surface area contributed by atoms with Gasteiger partial charge in [0, 0.05) is 6.42 Å². The Kier molecular flexibility index (Phi) is 7.42. The van der Waals surface area contributed by atoms with Crippen molar-refractivity contribution >= 4 is 25.8 Å². The van der Waals surface area contributed by atoms with Crippen LogP contribution >= 0.6 is 20.1 Å². The number of methoxy groups -OCH3 is 1. The fourth-order valence-corrected chi connectivity index (χ4v) is 3.50. The first kappa shape index (κ1) is 18.6. The molecule has 0 saturated carbocycles. The zero-order chi connectivity index (χ0) is 17.4. The van der Waals surface area contributed by atoms with E-state index in [1.807, 2.05) is 30.3 Å². The van der Waals surface area contributed by atoms with E-state index < -0.39 is 0 Å². The van der Waals surface area contributed by atoms with Gasteiger partial charge in [-0.3, -0.25) is 9.36 Å². The van der Waals surface area contributed by atoms with Gasteiger partial charge in [-0.25, -0.2) is 0 Å². The number of ether oxygens (including phenoxy) is 1. The number of unbranched alkanes of at least 4 members (excludes halogenated alkanes) is 1. The van der Waals surface area contributed by atoms with Crippen molar-refractivity contribution < 1.29 is 14.1 Å². The molecule has 0 heterocycles. The Bertz CT molecular complexity index is 688. The average Bonchev–Trinajstić information content (AvgIpc) is 2.62. The molecule has 0 aromatic heterocycles. The molecule has 3 nitrogen and oxygen atoms in total. The van der Waals surface area contributed by atoms with Crippen molar-refractivity contribution in [2.24, 2.45) is 0 Å². The SMILES string of the molecule is COc1cccc(Cl)c1C(=O)CCCCC(P=O)c1ccccc1. The zero-order valence-corrected chi connectivity index (χ0v) is 15.2. The lowest BCUT2D eigenvalue weighted by Crippen LogP contribution is -2.03. The van der Waals surface area contributed by atoms with Gasteiger partial charge in [0.25, 0.3) is 0 Å². The van der Waals surface area contributed by atoms with E-state index in [0.29, 0.717) is 22.8 Å². The molecule has 0 N–H and O–H groups in total. The van der Waals surface area contributed by atoms with Crippen LogP contribution in [-0.2, 0) is 4.57 Å². The third-order valence-electron chi connectivity index (χ3n) is 3.92. The van der Waals surface area contributed by atoms with E-state index >= 15 is 0 Å². The van der Waals surface area contributed by atoms with E-state index in [4.69, 9.17) is 16.3 Å². The van der Waals surface area contributed by atoms with Gasteiger partial charge >= 0.3 is 0 Å². The Labute approximate surface area is 149 Å². The minimum Gasteiger partial charge on any atom is -0.496 e. The van der Waals surface area contributed by atoms with Crippen LogP contribution in [0.3, 0.4) is 0 Å². The van der Waals surface area contributed by atoms with Crippen LogP contribution in [0.2, 0.25) is 5.02 Å². The fourth-order valence-electron chi connectivity index (χ4n) is 2.65. The quantitative estimate of drug-likeness (QED) is 0.306. The molecule has 0 spiro atoms. The first-order valence-electron chi connectivity index (χ1n) is 7.90. The molecule has 2 aromatic rings. The Hall–Kier alpha value is -1.70. The largest absolute Gasteiger partial charge is 0.496 e. The number of carbonyl (C=O) groups is 1. The number of rotatable bonds is 9. The first-order valence-corrected chi connectivity index (χ1v) is 9.16. The predicted molar refractivity (Wildman–Crippen MR) is 97.6 cm³/mol. The molecule has 0 aliphatic rings.